The third-order valence-corrected chi connectivity index (χ3v) is 5.17. The molecule has 1 aromatic rings. The predicted molar refractivity (Wildman–Crippen MR) is 105 cm³/mol. The third-order valence-electron chi connectivity index (χ3n) is 3.84. The topological polar surface area (TPSA) is 168 Å². The third kappa shape index (κ3) is 4.81. The van der Waals surface area contributed by atoms with Crippen molar-refractivity contribution in [3.05, 3.63) is 32.7 Å². The number of carboxylic acid groups (broad SMARTS) is 2. The van der Waals surface area contributed by atoms with Gasteiger partial charge in [-0.2, -0.15) is 0 Å². The zero-order valence-corrected chi connectivity index (χ0v) is 16.4. The quantitative estimate of drug-likeness (QED) is 0.232. The molecular weight excluding hydrogens is 428 g/mol. The van der Waals surface area contributed by atoms with Crippen molar-refractivity contribution in [1.29, 1.82) is 0 Å². The van der Waals surface area contributed by atoms with Crippen molar-refractivity contribution >= 4 is 57.9 Å². The minimum Gasteiger partial charge on any atom is -0.500 e. The number of phenolic OH excluding ortho intramolecular Hbond substituents is 1. The van der Waals surface area contributed by atoms with Crippen molar-refractivity contribution in [3.8, 4) is 11.5 Å². The largest absolute Gasteiger partial charge is 0.500 e. The molecule has 1 fully saturated rings. The van der Waals surface area contributed by atoms with Crippen LogP contribution in [0.2, 0.25) is 0 Å². The maximum atomic E-state index is 12.7. The number of nitro benzene ring substituents is 1. The SMILES string of the molecule is COc1cc(/C=C2\SC(=S)N([C@@H](CCC(=O)O)C(=O)O)C2=O)cc([N+](=O)[O-])c1O. The van der Waals surface area contributed by atoms with Crippen molar-refractivity contribution in [3.63, 3.8) is 0 Å². The summed E-state index contributed by atoms with van der Waals surface area (Å²) in [6.07, 6.45) is 0.418. The van der Waals surface area contributed by atoms with Crippen LogP contribution in [0.15, 0.2) is 17.0 Å². The molecule has 0 spiro atoms. The van der Waals surface area contributed by atoms with Crippen LogP contribution in [0.25, 0.3) is 6.08 Å². The summed E-state index contributed by atoms with van der Waals surface area (Å²) in [6, 6.07) is 0.811. The van der Waals surface area contributed by atoms with E-state index in [4.69, 9.17) is 22.1 Å². The average Bonchev–Trinajstić information content (AvgIpc) is 2.90. The van der Waals surface area contributed by atoms with Gasteiger partial charge in [-0.05, 0) is 24.1 Å². The molecule has 2 rings (SSSR count). The van der Waals surface area contributed by atoms with E-state index in [9.17, 15) is 34.7 Å². The molecule has 1 amide bonds. The second kappa shape index (κ2) is 8.87. The molecule has 0 bridgehead atoms. The Morgan fingerprint density at radius 2 is 2.07 bits per heavy atom. The van der Waals surface area contributed by atoms with E-state index in [0.717, 1.165) is 22.7 Å². The van der Waals surface area contributed by atoms with Crippen LogP contribution in [0.3, 0.4) is 0 Å². The molecule has 11 nitrogen and oxygen atoms in total. The van der Waals surface area contributed by atoms with Gasteiger partial charge in [-0.1, -0.05) is 24.0 Å². The number of rotatable bonds is 8. The fourth-order valence-corrected chi connectivity index (χ4v) is 3.87. The summed E-state index contributed by atoms with van der Waals surface area (Å²) in [7, 11) is 1.20. The molecule has 154 valence electrons. The van der Waals surface area contributed by atoms with Gasteiger partial charge in [0.15, 0.2) is 5.75 Å². The van der Waals surface area contributed by atoms with Gasteiger partial charge in [0, 0.05) is 12.5 Å². The summed E-state index contributed by atoms with van der Waals surface area (Å²) in [6.45, 7) is 0. The minimum atomic E-state index is -1.46. The number of hydrogen-bond acceptors (Lipinski definition) is 9. The number of carbonyl (C=O) groups excluding carboxylic acids is 1. The molecular formula is C16H14N2O9S2. The van der Waals surface area contributed by atoms with E-state index in [2.05, 4.69) is 0 Å². The molecule has 3 N–H and O–H groups in total. The van der Waals surface area contributed by atoms with Crippen LogP contribution in [-0.2, 0) is 14.4 Å². The molecule has 0 saturated carbocycles. The first-order chi connectivity index (χ1) is 13.6. The number of amides is 1. The zero-order valence-electron chi connectivity index (χ0n) is 14.7. The predicted octanol–water partition coefficient (Wildman–Crippen LogP) is 1.83. The molecule has 0 aromatic heterocycles. The fourth-order valence-electron chi connectivity index (χ4n) is 2.52. The van der Waals surface area contributed by atoms with Crippen LogP contribution in [-0.4, -0.2) is 60.5 Å². The Bertz CT molecular complexity index is 945. The fraction of sp³-hybridized carbons (Fsp3) is 0.250. The van der Waals surface area contributed by atoms with Crippen LogP contribution >= 0.6 is 24.0 Å². The van der Waals surface area contributed by atoms with Gasteiger partial charge < -0.3 is 20.1 Å². The number of hydrogen-bond donors (Lipinski definition) is 3. The summed E-state index contributed by atoms with van der Waals surface area (Å²) < 4.78 is 4.81. The number of carboxylic acids is 2. The zero-order chi connectivity index (χ0) is 21.9. The molecule has 0 aliphatic carbocycles. The van der Waals surface area contributed by atoms with Gasteiger partial charge in [-0.25, -0.2) is 4.79 Å². The van der Waals surface area contributed by atoms with E-state index in [1.807, 2.05) is 0 Å². The lowest BCUT2D eigenvalue weighted by atomic mass is 10.1. The number of nitrogens with zero attached hydrogens (tertiary/aromatic N) is 2. The Morgan fingerprint density at radius 3 is 2.59 bits per heavy atom. The van der Waals surface area contributed by atoms with Gasteiger partial charge >= 0.3 is 17.6 Å². The number of phenols is 1. The number of benzene rings is 1. The van der Waals surface area contributed by atoms with Crippen molar-refractivity contribution in [1.82, 2.24) is 4.90 Å². The minimum absolute atomic E-state index is 0.0152. The molecule has 1 heterocycles. The number of nitro groups is 1. The Labute approximate surface area is 172 Å². The maximum absolute atomic E-state index is 12.7. The van der Waals surface area contributed by atoms with Crippen LogP contribution < -0.4 is 4.74 Å². The van der Waals surface area contributed by atoms with Crippen molar-refractivity contribution < 1.29 is 39.4 Å². The highest BCUT2D eigenvalue weighted by Gasteiger charge is 2.40. The number of carbonyl (C=O) groups is 3. The van der Waals surface area contributed by atoms with Crippen molar-refractivity contribution in [2.45, 2.75) is 18.9 Å². The highest BCUT2D eigenvalue weighted by molar-refractivity contribution is 8.26. The highest BCUT2D eigenvalue weighted by Crippen LogP contribution is 2.40. The first kappa shape index (κ1) is 22.1. The number of aromatic hydroxyl groups is 1. The van der Waals surface area contributed by atoms with E-state index in [1.54, 1.807) is 0 Å². The second-order valence-electron chi connectivity index (χ2n) is 5.69. The lowest BCUT2D eigenvalue weighted by Gasteiger charge is -2.22. The Kier molecular flexibility index (Phi) is 6.76. The van der Waals surface area contributed by atoms with Gasteiger partial charge in [0.05, 0.1) is 16.9 Å². The number of thioether (sulfide) groups is 1. The molecule has 13 heteroatoms. The Hall–Kier alpha value is -3.19. The van der Waals surface area contributed by atoms with Crippen molar-refractivity contribution in [2.24, 2.45) is 0 Å². The second-order valence-corrected chi connectivity index (χ2v) is 7.36. The summed E-state index contributed by atoms with van der Waals surface area (Å²) >= 11 is 5.84. The summed E-state index contributed by atoms with van der Waals surface area (Å²) in [4.78, 5) is 46.0. The molecule has 1 aromatic carbocycles. The Balaban J connectivity index is 2.41. The van der Waals surface area contributed by atoms with E-state index >= 15 is 0 Å². The lowest BCUT2D eigenvalue weighted by Crippen LogP contribution is -2.44. The van der Waals surface area contributed by atoms with E-state index < -0.39 is 46.7 Å². The molecule has 1 aliphatic rings. The molecule has 29 heavy (non-hydrogen) atoms. The van der Waals surface area contributed by atoms with E-state index in [0.29, 0.717) is 0 Å². The van der Waals surface area contributed by atoms with Crippen molar-refractivity contribution in [2.75, 3.05) is 7.11 Å². The van der Waals surface area contributed by atoms with Gasteiger partial charge in [-0.15, -0.1) is 0 Å². The van der Waals surface area contributed by atoms with Crippen LogP contribution in [0.5, 0.6) is 11.5 Å². The lowest BCUT2D eigenvalue weighted by molar-refractivity contribution is -0.386. The monoisotopic (exact) mass is 442 g/mol. The maximum Gasteiger partial charge on any atom is 0.326 e. The molecule has 1 saturated heterocycles. The standard InChI is InChI=1S/C16H14N2O9S2/c1-27-10-5-7(4-9(13(10)21)18(25)26)6-11-14(22)17(16(28)29-11)8(15(23)24)2-3-12(19)20/h4-6,8,21H,2-3H2,1H3,(H,19,20)(H,23,24)/b11-6-/t8-/m0/s1. The van der Waals surface area contributed by atoms with Gasteiger partial charge in [-0.3, -0.25) is 24.6 Å². The molecule has 0 radical (unpaired) electrons. The first-order valence-electron chi connectivity index (χ1n) is 7.83. The van der Waals surface area contributed by atoms with E-state index in [1.165, 1.54) is 19.3 Å². The van der Waals surface area contributed by atoms with Gasteiger partial charge in [0.1, 0.15) is 10.4 Å². The first-order valence-corrected chi connectivity index (χ1v) is 9.06. The number of thiocarbonyl (C=S) groups is 1. The normalized spacial score (nSPS) is 16.2. The van der Waals surface area contributed by atoms with Crippen LogP contribution in [0.1, 0.15) is 18.4 Å². The van der Waals surface area contributed by atoms with E-state index in [-0.39, 0.29) is 27.0 Å². The summed E-state index contributed by atoms with van der Waals surface area (Å²) in [5.41, 5.74) is -0.500. The van der Waals surface area contributed by atoms with Crippen LogP contribution in [0, 0.1) is 10.1 Å². The van der Waals surface area contributed by atoms with Gasteiger partial charge in [0.2, 0.25) is 5.75 Å². The number of aliphatic carboxylic acids is 2. The Morgan fingerprint density at radius 1 is 1.41 bits per heavy atom. The molecule has 1 atom stereocenters. The van der Waals surface area contributed by atoms with Gasteiger partial charge in [0.25, 0.3) is 5.91 Å². The number of methoxy groups -OCH3 is 1. The average molecular weight is 442 g/mol. The summed E-state index contributed by atoms with van der Waals surface area (Å²) in [5, 5.41) is 39.0. The smallest absolute Gasteiger partial charge is 0.326 e. The molecule has 1 aliphatic heterocycles. The highest BCUT2D eigenvalue weighted by atomic mass is 32.2. The summed E-state index contributed by atoms with van der Waals surface area (Å²) in [5.74, 6) is -4.27. The van der Waals surface area contributed by atoms with Crippen LogP contribution in [0.4, 0.5) is 5.69 Å². The molecule has 0 unspecified atom stereocenters. The number of ether oxygens (including phenoxy) is 1.